The number of nitrogens with one attached hydrogen (secondary N) is 1. The van der Waals surface area contributed by atoms with Gasteiger partial charge in [-0.1, -0.05) is 0 Å². The van der Waals surface area contributed by atoms with Gasteiger partial charge in [-0.2, -0.15) is 9.90 Å². The van der Waals surface area contributed by atoms with Gasteiger partial charge in [0, 0.05) is 42.7 Å². The first-order valence-electron chi connectivity index (χ1n) is 12.2. The van der Waals surface area contributed by atoms with Crippen LogP contribution in [0, 0.1) is 29.1 Å². The van der Waals surface area contributed by atoms with Gasteiger partial charge in [0.2, 0.25) is 5.60 Å². The number of aromatic nitrogens is 3. The second kappa shape index (κ2) is 11.7. The molecule has 3 aromatic rings. The fourth-order valence-electron chi connectivity index (χ4n) is 4.82. The Hall–Kier alpha value is -3.66. The van der Waals surface area contributed by atoms with Crippen molar-refractivity contribution in [3.05, 3.63) is 76.7 Å². The second-order valence-corrected chi connectivity index (χ2v) is 9.61. The summed E-state index contributed by atoms with van der Waals surface area (Å²) in [5.74, 6) is -7.37. The van der Waals surface area contributed by atoms with Crippen molar-refractivity contribution in [1.82, 2.24) is 20.3 Å². The molecule has 5 rings (SSSR count). The molecule has 3 heterocycles. The highest BCUT2D eigenvalue weighted by molar-refractivity contribution is 6.16. The van der Waals surface area contributed by atoms with E-state index in [0.29, 0.717) is 12.1 Å². The minimum atomic E-state index is -2.54. The Morgan fingerprint density at radius 3 is 2.63 bits per heavy atom. The summed E-state index contributed by atoms with van der Waals surface area (Å²) in [4.78, 5) is 27.9. The number of benzene rings is 2. The molecule has 2 aliphatic rings. The maximum Gasteiger partial charge on any atom is 0.270 e. The fraction of sp³-hybridized carbons (Fsp3) is 0.360. The van der Waals surface area contributed by atoms with Crippen molar-refractivity contribution >= 4 is 30.0 Å². The number of carbonyl (C=O) groups is 2. The Morgan fingerprint density at radius 1 is 1.15 bits per heavy atom. The van der Waals surface area contributed by atoms with E-state index in [1.807, 2.05) is 0 Å². The quantitative estimate of drug-likeness (QED) is 0.224. The average molecular weight is 603 g/mol. The Kier molecular flexibility index (Phi) is 8.63. The van der Waals surface area contributed by atoms with Crippen molar-refractivity contribution in [2.75, 3.05) is 18.1 Å². The van der Waals surface area contributed by atoms with Crippen LogP contribution in [0.3, 0.4) is 0 Å². The highest BCUT2D eigenvalue weighted by Crippen LogP contribution is 2.34. The van der Waals surface area contributed by atoms with Crippen LogP contribution in [0.1, 0.15) is 36.1 Å². The molecule has 0 radical (unpaired) electrons. The van der Waals surface area contributed by atoms with Crippen LogP contribution in [-0.2, 0) is 20.9 Å². The number of hydrogen-bond donors (Lipinski definition) is 3. The highest BCUT2D eigenvalue weighted by Gasteiger charge is 2.52. The van der Waals surface area contributed by atoms with Crippen molar-refractivity contribution in [2.45, 2.75) is 43.2 Å². The summed E-state index contributed by atoms with van der Waals surface area (Å²) in [7, 11) is 0. The molecule has 4 N–H and O–H groups in total. The van der Waals surface area contributed by atoms with Crippen LogP contribution in [0.5, 0.6) is 0 Å². The largest absolute Gasteiger partial charge is 0.372 e. The third-order valence-corrected chi connectivity index (χ3v) is 6.94. The molecule has 2 aromatic carbocycles. The molecule has 0 saturated carbocycles. The molecular weight excluding hydrogens is 579 g/mol. The van der Waals surface area contributed by atoms with Gasteiger partial charge in [0.05, 0.1) is 18.8 Å². The number of anilines is 1. The van der Waals surface area contributed by atoms with Crippen molar-refractivity contribution < 1.29 is 41.4 Å². The first kappa shape index (κ1) is 30.3. The van der Waals surface area contributed by atoms with Gasteiger partial charge in [-0.05, 0) is 30.7 Å². The molecule has 1 aromatic heterocycles. The predicted molar refractivity (Wildman–Crippen MR) is 134 cm³/mol. The third-order valence-electron chi connectivity index (χ3n) is 6.94. The minimum absolute atomic E-state index is 0. The van der Waals surface area contributed by atoms with Gasteiger partial charge in [0.15, 0.2) is 17.5 Å². The third kappa shape index (κ3) is 5.75. The molecule has 10 nitrogen and oxygen atoms in total. The molecule has 0 bridgehead atoms. The average Bonchev–Trinajstić information content (AvgIpc) is 3.52. The van der Waals surface area contributed by atoms with Crippen molar-refractivity contribution in [3.8, 4) is 0 Å². The molecular formula is C25H24ClF5N6O4. The van der Waals surface area contributed by atoms with Gasteiger partial charge in [0.25, 0.3) is 11.8 Å². The van der Waals surface area contributed by atoms with Crippen LogP contribution < -0.4 is 16.0 Å². The van der Waals surface area contributed by atoms with Crippen LogP contribution >= 0.6 is 12.4 Å². The van der Waals surface area contributed by atoms with Gasteiger partial charge in [-0.15, -0.1) is 17.5 Å². The van der Waals surface area contributed by atoms with Crippen LogP contribution in [0.2, 0.25) is 0 Å². The van der Waals surface area contributed by atoms with E-state index in [2.05, 4.69) is 15.5 Å². The van der Waals surface area contributed by atoms with Gasteiger partial charge in [-0.3, -0.25) is 14.5 Å². The zero-order chi connectivity index (χ0) is 28.8. The van der Waals surface area contributed by atoms with E-state index < -0.39 is 76.8 Å². The predicted octanol–water partition coefficient (Wildman–Crippen LogP) is 2.21. The number of halogens is 6. The molecule has 2 amide bonds. The van der Waals surface area contributed by atoms with Crippen molar-refractivity contribution in [2.24, 2.45) is 5.73 Å². The summed E-state index contributed by atoms with van der Waals surface area (Å²) in [6.07, 6.45) is 0.221. The lowest BCUT2D eigenvalue weighted by Gasteiger charge is -2.34. The van der Waals surface area contributed by atoms with E-state index in [1.54, 1.807) is 0 Å². The highest BCUT2D eigenvalue weighted by atomic mass is 35.5. The van der Waals surface area contributed by atoms with Crippen molar-refractivity contribution in [1.29, 1.82) is 0 Å². The van der Waals surface area contributed by atoms with E-state index in [1.165, 1.54) is 11.0 Å². The van der Waals surface area contributed by atoms with E-state index >= 15 is 0 Å². The smallest absolute Gasteiger partial charge is 0.270 e. The molecule has 2 saturated heterocycles. The Bertz CT molecular complexity index is 1480. The molecule has 0 aliphatic carbocycles. The van der Waals surface area contributed by atoms with E-state index in [-0.39, 0.29) is 49.8 Å². The van der Waals surface area contributed by atoms with Gasteiger partial charge in [-0.25, -0.2) is 22.0 Å². The van der Waals surface area contributed by atoms with Crippen LogP contribution in [0.25, 0.3) is 0 Å². The lowest BCUT2D eigenvalue weighted by Crippen LogP contribution is -2.52. The summed E-state index contributed by atoms with van der Waals surface area (Å²) >= 11 is 0. The van der Waals surface area contributed by atoms with E-state index in [0.717, 1.165) is 23.1 Å². The lowest BCUT2D eigenvalue weighted by molar-refractivity contribution is -0.149. The number of hydrogen-bond acceptors (Lipinski definition) is 7. The molecule has 1 unspecified atom stereocenters. The monoisotopic (exact) mass is 602 g/mol. The normalized spacial score (nSPS) is 24.3. The lowest BCUT2D eigenvalue weighted by atomic mass is 9.94. The molecule has 0 spiro atoms. The molecule has 220 valence electrons. The fourth-order valence-corrected chi connectivity index (χ4v) is 4.82. The SMILES string of the molecule is Cl.N[C@H]1C[C@@H](n2ncc(N3CCC(O)(C(=O)NCc4cc(F)cc(F)c4F)C3=O)n2)CO[C@@H]1c1cc(F)ccc1F. The van der Waals surface area contributed by atoms with Crippen molar-refractivity contribution in [3.63, 3.8) is 0 Å². The first-order chi connectivity index (χ1) is 19.0. The van der Waals surface area contributed by atoms with E-state index in [4.69, 9.17) is 10.5 Å². The van der Waals surface area contributed by atoms with E-state index in [9.17, 15) is 36.6 Å². The standard InChI is InChI=1S/C25H23F5N6O4.ClH/c26-13-1-2-17(28)16(6-13)22-19(31)8-15(11-40-22)36-33-10-20(34-36)35-4-3-25(39,24(35)38)23(37)32-9-12-5-14(27)7-18(29)21(12)30;/h1-2,5-7,10,15,19,22,39H,3-4,8-9,11,31H2,(H,32,37);1H/t15-,19+,22-,25?;/m1./s1. The maximum absolute atomic E-state index is 14.2. The number of amides is 2. The molecule has 2 fully saturated rings. The maximum atomic E-state index is 14.2. The molecule has 41 heavy (non-hydrogen) atoms. The number of nitrogens with zero attached hydrogens (tertiary/aromatic N) is 4. The van der Waals surface area contributed by atoms with Crippen LogP contribution in [0.15, 0.2) is 36.5 Å². The van der Waals surface area contributed by atoms with Crippen LogP contribution in [0.4, 0.5) is 27.8 Å². The molecule has 16 heteroatoms. The van der Waals surface area contributed by atoms with Gasteiger partial charge < -0.3 is 20.9 Å². The molecule has 4 atom stereocenters. The zero-order valence-corrected chi connectivity index (χ0v) is 21.9. The minimum Gasteiger partial charge on any atom is -0.372 e. The number of rotatable bonds is 6. The summed E-state index contributed by atoms with van der Waals surface area (Å²) in [5.41, 5.74) is 3.13. The van der Waals surface area contributed by atoms with Crippen LogP contribution in [-0.4, -0.2) is 56.7 Å². The Labute approximate surface area is 235 Å². The Balaban J connectivity index is 0.00000387. The number of ether oxygens (including phenoxy) is 1. The number of nitrogens with two attached hydrogens (primary N) is 1. The summed E-state index contributed by atoms with van der Waals surface area (Å²) in [6.45, 7) is -0.792. The topological polar surface area (TPSA) is 136 Å². The number of carbonyl (C=O) groups excluding carboxylic acids is 2. The van der Waals surface area contributed by atoms with Gasteiger partial charge in [0.1, 0.15) is 23.6 Å². The summed E-state index contributed by atoms with van der Waals surface area (Å²) < 4.78 is 74.3. The van der Waals surface area contributed by atoms with Gasteiger partial charge >= 0.3 is 0 Å². The number of aliphatic hydroxyl groups is 1. The summed E-state index contributed by atoms with van der Waals surface area (Å²) in [5, 5.41) is 21.3. The first-order valence-corrected chi connectivity index (χ1v) is 12.2. The Morgan fingerprint density at radius 2 is 1.90 bits per heavy atom. The summed E-state index contributed by atoms with van der Waals surface area (Å²) in [6, 6.07) is 2.77. The second-order valence-electron chi connectivity index (χ2n) is 9.61. The molecule has 2 aliphatic heterocycles. The zero-order valence-electron chi connectivity index (χ0n) is 21.1.